The Morgan fingerprint density at radius 3 is 2.65 bits per heavy atom. The molecule has 2 aromatic carbocycles. The number of benzene rings is 2. The average molecular weight is 498 g/mol. The Hall–Kier alpha value is -4.99. The lowest BCUT2D eigenvalue weighted by Gasteiger charge is -2.25. The Kier molecular flexibility index (Phi) is 6.14. The van der Waals surface area contributed by atoms with Gasteiger partial charge < -0.3 is 19.7 Å². The Balaban J connectivity index is 1.53. The summed E-state index contributed by atoms with van der Waals surface area (Å²) in [6, 6.07) is 13.4. The van der Waals surface area contributed by atoms with E-state index in [1.807, 2.05) is 24.4 Å². The van der Waals surface area contributed by atoms with Gasteiger partial charge in [0.05, 0.1) is 23.6 Å². The SMILES string of the molecule is COc1ccc2[nH]cc(CCN3C(=O)C(=O)C(=C(O)c4ccc([N+](=O)[O-])cc4)[C@@H]3c3cccnc3)c2c1. The Labute approximate surface area is 211 Å². The van der Waals surface area contributed by atoms with Crippen LogP contribution in [0.25, 0.3) is 16.7 Å². The van der Waals surface area contributed by atoms with E-state index in [0.717, 1.165) is 16.5 Å². The number of methoxy groups -OCH3 is 1. The first-order chi connectivity index (χ1) is 17.9. The van der Waals surface area contributed by atoms with E-state index >= 15 is 0 Å². The predicted molar refractivity (Wildman–Crippen MR) is 135 cm³/mol. The molecule has 10 heteroatoms. The van der Waals surface area contributed by atoms with Crippen LogP contribution in [0.15, 0.2) is 78.8 Å². The number of ether oxygens (including phenoxy) is 1. The summed E-state index contributed by atoms with van der Waals surface area (Å²) in [7, 11) is 1.59. The normalized spacial score (nSPS) is 16.9. The molecule has 186 valence electrons. The van der Waals surface area contributed by atoms with Crippen LogP contribution in [0.2, 0.25) is 0 Å². The highest BCUT2D eigenvalue weighted by molar-refractivity contribution is 6.46. The highest BCUT2D eigenvalue weighted by atomic mass is 16.6. The first-order valence-corrected chi connectivity index (χ1v) is 11.5. The van der Waals surface area contributed by atoms with Gasteiger partial charge in [0.25, 0.3) is 17.4 Å². The van der Waals surface area contributed by atoms with Crippen LogP contribution in [0.4, 0.5) is 5.69 Å². The summed E-state index contributed by atoms with van der Waals surface area (Å²) in [5.41, 5.74) is 2.37. The molecule has 0 saturated carbocycles. The summed E-state index contributed by atoms with van der Waals surface area (Å²) in [5.74, 6) is -1.27. The van der Waals surface area contributed by atoms with E-state index in [1.54, 1.807) is 31.6 Å². The van der Waals surface area contributed by atoms with Gasteiger partial charge in [0, 0.05) is 53.7 Å². The van der Waals surface area contributed by atoms with Crippen molar-refractivity contribution in [1.82, 2.24) is 14.9 Å². The molecule has 2 N–H and O–H groups in total. The molecule has 1 aliphatic heterocycles. The number of pyridine rings is 1. The van der Waals surface area contributed by atoms with Gasteiger partial charge in [0.1, 0.15) is 11.5 Å². The highest BCUT2D eigenvalue weighted by Gasteiger charge is 2.46. The Morgan fingerprint density at radius 1 is 1.19 bits per heavy atom. The number of nitrogens with zero attached hydrogens (tertiary/aromatic N) is 3. The van der Waals surface area contributed by atoms with Gasteiger partial charge in [-0.05, 0) is 53.9 Å². The number of aromatic amines is 1. The third-order valence-corrected chi connectivity index (χ3v) is 6.49. The second-order valence-electron chi connectivity index (χ2n) is 8.56. The molecule has 1 saturated heterocycles. The molecule has 0 spiro atoms. The number of nitro benzene ring substituents is 1. The number of rotatable bonds is 7. The molecule has 2 aromatic heterocycles. The number of aromatic nitrogens is 2. The minimum Gasteiger partial charge on any atom is -0.507 e. The van der Waals surface area contributed by atoms with Crippen molar-refractivity contribution in [3.63, 3.8) is 0 Å². The van der Waals surface area contributed by atoms with Crippen LogP contribution < -0.4 is 4.74 Å². The number of carbonyl (C=O) groups excluding carboxylic acids is 2. The van der Waals surface area contributed by atoms with E-state index in [0.29, 0.717) is 17.7 Å². The van der Waals surface area contributed by atoms with E-state index in [2.05, 4.69) is 9.97 Å². The molecule has 1 amide bonds. The molecule has 10 nitrogen and oxygen atoms in total. The molecule has 0 aliphatic carbocycles. The monoisotopic (exact) mass is 498 g/mol. The molecule has 1 fully saturated rings. The molecule has 37 heavy (non-hydrogen) atoms. The van der Waals surface area contributed by atoms with E-state index in [9.17, 15) is 24.8 Å². The van der Waals surface area contributed by atoms with Crippen molar-refractivity contribution >= 4 is 34.0 Å². The van der Waals surface area contributed by atoms with E-state index in [4.69, 9.17) is 4.74 Å². The molecule has 4 aromatic rings. The number of hydrogen-bond acceptors (Lipinski definition) is 7. The summed E-state index contributed by atoms with van der Waals surface area (Å²) in [5, 5.41) is 23.1. The molecule has 1 aliphatic rings. The number of hydrogen-bond donors (Lipinski definition) is 2. The molecule has 0 bridgehead atoms. The van der Waals surface area contributed by atoms with Crippen LogP contribution in [0.5, 0.6) is 5.75 Å². The fourth-order valence-electron chi connectivity index (χ4n) is 4.62. The van der Waals surface area contributed by atoms with Crippen LogP contribution >= 0.6 is 0 Å². The third-order valence-electron chi connectivity index (χ3n) is 6.49. The maximum atomic E-state index is 13.2. The quantitative estimate of drug-likeness (QED) is 0.128. The van der Waals surface area contributed by atoms with Gasteiger partial charge in [-0.15, -0.1) is 0 Å². The van der Waals surface area contributed by atoms with E-state index in [-0.39, 0.29) is 23.4 Å². The van der Waals surface area contributed by atoms with E-state index in [1.165, 1.54) is 29.2 Å². The largest absolute Gasteiger partial charge is 0.507 e. The van der Waals surface area contributed by atoms with Crippen LogP contribution in [0.1, 0.15) is 22.7 Å². The van der Waals surface area contributed by atoms with Gasteiger partial charge in [0.15, 0.2) is 0 Å². The van der Waals surface area contributed by atoms with Crippen molar-refractivity contribution < 1.29 is 24.4 Å². The Morgan fingerprint density at radius 2 is 1.97 bits per heavy atom. The van der Waals surface area contributed by atoms with Crippen LogP contribution in [0.3, 0.4) is 0 Å². The van der Waals surface area contributed by atoms with E-state index < -0.39 is 28.4 Å². The number of ketones is 1. The zero-order valence-corrected chi connectivity index (χ0v) is 19.7. The van der Waals surface area contributed by atoms with Gasteiger partial charge in [-0.3, -0.25) is 24.7 Å². The second kappa shape index (κ2) is 9.57. The molecule has 0 unspecified atom stereocenters. The van der Waals surface area contributed by atoms with Crippen molar-refractivity contribution in [2.24, 2.45) is 0 Å². The van der Waals surface area contributed by atoms with Gasteiger partial charge in [-0.2, -0.15) is 0 Å². The molecule has 0 radical (unpaired) electrons. The first-order valence-electron chi connectivity index (χ1n) is 11.5. The minimum absolute atomic E-state index is 0.0903. The smallest absolute Gasteiger partial charge is 0.295 e. The summed E-state index contributed by atoms with van der Waals surface area (Å²) in [6.07, 6.45) is 5.42. The second-order valence-corrected chi connectivity index (χ2v) is 8.56. The highest BCUT2D eigenvalue weighted by Crippen LogP contribution is 2.39. The number of carbonyl (C=O) groups is 2. The van der Waals surface area contributed by atoms with Gasteiger partial charge in [-0.1, -0.05) is 6.07 Å². The van der Waals surface area contributed by atoms with Crippen LogP contribution in [-0.2, 0) is 16.0 Å². The molecule has 1 atom stereocenters. The number of non-ortho nitro benzene ring substituents is 1. The number of likely N-dealkylation sites (tertiary alicyclic amines) is 1. The van der Waals surface area contributed by atoms with Gasteiger partial charge in [0.2, 0.25) is 0 Å². The molecular weight excluding hydrogens is 476 g/mol. The maximum absolute atomic E-state index is 13.2. The lowest BCUT2D eigenvalue weighted by atomic mass is 9.96. The molecule has 3 heterocycles. The number of H-pyrrole nitrogens is 1. The summed E-state index contributed by atoms with van der Waals surface area (Å²) >= 11 is 0. The zero-order chi connectivity index (χ0) is 26.1. The number of Topliss-reactive ketones (excluding diaryl/α,β-unsaturated/α-hetero) is 1. The summed E-state index contributed by atoms with van der Waals surface area (Å²) in [6.45, 7) is 0.200. The average Bonchev–Trinajstić information content (AvgIpc) is 3.44. The van der Waals surface area contributed by atoms with Crippen LogP contribution in [-0.4, -0.2) is 50.2 Å². The zero-order valence-electron chi connectivity index (χ0n) is 19.7. The maximum Gasteiger partial charge on any atom is 0.295 e. The number of aliphatic hydroxyl groups excluding tert-OH is 1. The first kappa shape index (κ1) is 23.7. The minimum atomic E-state index is -0.872. The topological polar surface area (TPSA) is 139 Å². The molecule has 5 rings (SSSR count). The van der Waals surface area contributed by atoms with Crippen molar-refractivity contribution in [2.75, 3.05) is 13.7 Å². The molecular formula is C27H22N4O6. The standard InChI is InChI=1S/C27H22N4O6/c1-37-20-8-9-22-21(13-20)17(15-29-22)10-12-30-24(18-3-2-11-28-14-18)23(26(33)27(30)34)25(32)16-4-6-19(7-5-16)31(35)36/h2-9,11,13-15,24,29,32H,10,12H2,1H3/t24-/m0/s1. The fourth-order valence-corrected chi connectivity index (χ4v) is 4.62. The van der Waals surface area contributed by atoms with Gasteiger partial charge in [-0.25, -0.2) is 0 Å². The number of nitro groups is 1. The van der Waals surface area contributed by atoms with Crippen molar-refractivity contribution in [2.45, 2.75) is 12.5 Å². The van der Waals surface area contributed by atoms with Gasteiger partial charge >= 0.3 is 0 Å². The number of fused-ring (bicyclic) bond motifs is 1. The van der Waals surface area contributed by atoms with Crippen molar-refractivity contribution in [3.05, 3.63) is 106 Å². The number of aliphatic hydroxyl groups is 1. The predicted octanol–water partition coefficient (Wildman–Crippen LogP) is 4.14. The lowest BCUT2D eigenvalue weighted by molar-refractivity contribution is -0.384. The summed E-state index contributed by atoms with van der Waals surface area (Å²) in [4.78, 5) is 45.6. The lowest BCUT2D eigenvalue weighted by Crippen LogP contribution is -2.31. The number of nitrogens with one attached hydrogen (secondary N) is 1. The fraction of sp³-hybridized carbons (Fsp3) is 0.148. The van der Waals surface area contributed by atoms with Crippen LogP contribution in [0, 0.1) is 10.1 Å². The number of amides is 1. The Bertz CT molecular complexity index is 1540. The van der Waals surface area contributed by atoms with Crippen molar-refractivity contribution in [3.8, 4) is 5.75 Å². The third kappa shape index (κ3) is 4.29. The van der Waals surface area contributed by atoms with Crippen molar-refractivity contribution in [1.29, 1.82) is 0 Å². The summed E-state index contributed by atoms with van der Waals surface area (Å²) < 4.78 is 5.33.